The van der Waals surface area contributed by atoms with E-state index in [1.807, 2.05) is 18.2 Å². The Balaban J connectivity index is 5.37. The van der Waals surface area contributed by atoms with Crippen LogP contribution in [0.5, 0.6) is 0 Å². The largest absolute Gasteiger partial charge is 0.472 e. The fourth-order valence-corrected chi connectivity index (χ4v) is 12.1. The molecule has 0 aromatic carbocycles. The smallest absolute Gasteiger partial charge is 0.462 e. The third kappa shape index (κ3) is 72.3. The number of unbranched alkanes of at least 4 members (excludes halogenated alkanes) is 32. The number of carbonyl (C=O) groups excluding carboxylic acids is 4. The van der Waals surface area contributed by atoms with Gasteiger partial charge in [-0.05, 0) is 109 Å². The van der Waals surface area contributed by atoms with Crippen LogP contribution in [0.3, 0.4) is 0 Å². The number of carbonyl (C=O) groups is 4. The van der Waals surface area contributed by atoms with Crippen molar-refractivity contribution in [3.8, 4) is 0 Å². The van der Waals surface area contributed by atoms with Crippen LogP contribution in [-0.4, -0.2) is 96.7 Å². The zero-order valence-electron chi connectivity index (χ0n) is 63.1. The molecule has 0 aliphatic carbocycles. The van der Waals surface area contributed by atoms with Crippen molar-refractivity contribution >= 4 is 39.5 Å². The van der Waals surface area contributed by atoms with Crippen LogP contribution in [-0.2, 0) is 65.4 Å². The Morgan fingerprint density at radius 3 is 0.890 bits per heavy atom. The number of aliphatic hydroxyl groups excluding tert-OH is 1. The van der Waals surface area contributed by atoms with Gasteiger partial charge >= 0.3 is 39.5 Å². The summed E-state index contributed by atoms with van der Waals surface area (Å²) in [5, 5.41) is 10.6. The molecule has 0 heterocycles. The zero-order chi connectivity index (χ0) is 73.2. The molecule has 0 aliphatic rings. The fraction of sp³-hybridized carbons (Fsp3) is 0.753. The first kappa shape index (κ1) is 96.0. The van der Waals surface area contributed by atoms with Crippen LogP contribution in [0.15, 0.2) is 97.2 Å². The molecule has 5 atom stereocenters. The number of hydrogen-bond acceptors (Lipinski definition) is 15. The van der Waals surface area contributed by atoms with Crippen molar-refractivity contribution in [1.82, 2.24) is 0 Å². The number of rotatable bonds is 74. The molecule has 3 N–H and O–H groups in total. The van der Waals surface area contributed by atoms with Gasteiger partial charge in [-0.15, -0.1) is 0 Å². The Morgan fingerprint density at radius 1 is 0.290 bits per heavy atom. The lowest BCUT2D eigenvalue weighted by Gasteiger charge is -2.21. The second-order valence-electron chi connectivity index (χ2n) is 26.3. The van der Waals surface area contributed by atoms with Gasteiger partial charge in [-0.2, -0.15) is 0 Å². The second-order valence-corrected chi connectivity index (χ2v) is 29.2. The number of phosphoric ester groups is 2. The highest BCUT2D eigenvalue weighted by Gasteiger charge is 2.30. The van der Waals surface area contributed by atoms with E-state index < -0.39 is 97.5 Å². The first-order valence-corrected chi connectivity index (χ1v) is 42.5. The maximum atomic E-state index is 13.1. The molecule has 0 saturated heterocycles. The van der Waals surface area contributed by atoms with Gasteiger partial charge in [0.2, 0.25) is 0 Å². The van der Waals surface area contributed by atoms with Crippen molar-refractivity contribution in [2.75, 3.05) is 39.6 Å². The summed E-state index contributed by atoms with van der Waals surface area (Å²) in [5.41, 5.74) is 0. The summed E-state index contributed by atoms with van der Waals surface area (Å²) in [6.07, 6.45) is 77.0. The van der Waals surface area contributed by atoms with Crippen LogP contribution in [0, 0.1) is 0 Å². The lowest BCUT2D eigenvalue weighted by atomic mass is 10.0. The van der Waals surface area contributed by atoms with E-state index in [1.165, 1.54) is 116 Å². The molecule has 0 aromatic rings. The highest BCUT2D eigenvalue weighted by Crippen LogP contribution is 2.45. The minimum Gasteiger partial charge on any atom is -0.462 e. The minimum absolute atomic E-state index is 0.0348. The van der Waals surface area contributed by atoms with Crippen LogP contribution in [0.2, 0.25) is 0 Å². The summed E-state index contributed by atoms with van der Waals surface area (Å²) in [7, 11) is -9.97. The SMILES string of the molecule is CC/C=C\C/C=C\C/C=C\C/C=C\C/C=C\C/C=C\CCC(=O)OCC(COP(=O)(O)OCC(O)COP(=O)(O)OCC(COC(=O)CCCCCCC/C=C\CCCCCCCC)OC(=O)CCCCCCCCCCCCCCCCC)OC(=O)CCCCCCC/C=C\CCCC. The Morgan fingerprint density at radius 2 is 0.550 bits per heavy atom. The summed E-state index contributed by atoms with van der Waals surface area (Å²) < 4.78 is 68.4. The number of allylic oxidation sites excluding steroid dienone is 16. The van der Waals surface area contributed by atoms with E-state index in [2.05, 4.69) is 107 Å². The Hall–Kier alpha value is -4.02. The average Bonchev–Trinajstić information content (AvgIpc) is 0.953. The molecular formula is C81H142O17P2. The summed E-state index contributed by atoms with van der Waals surface area (Å²) in [4.78, 5) is 72.8. The van der Waals surface area contributed by atoms with Gasteiger partial charge < -0.3 is 33.8 Å². The fourth-order valence-electron chi connectivity index (χ4n) is 10.5. The molecule has 0 rings (SSSR count). The topological polar surface area (TPSA) is 237 Å². The van der Waals surface area contributed by atoms with E-state index in [1.54, 1.807) is 0 Å². The first-order valence-electron chi connectivity index (χ1n) is 39.5. The predicted octanol–water partition coefficient (Wildman–Crippen LogP) is 22.8. The van der Waals surface area contributed by atoms with Crippen LogP contribution in [0.1, 0.15) is 336 Å². The maximum Gasteiger partial charge on any atom is 0.472 e. The molecule has 0 amide bonds. The van der Waals surface area contributed by atoms with Crippen molar-refractivity contribution in [1.29, 1.82) is 0 Å². The maximum absolute atomic E-state index is 13.1. The molecule has 100 heavy (non-hydrogen) atoms. The molecular weight excluding hydrogens is 1310 g/mol. The lowest BCUT2D eigenvalue weighted by molar-refractivity contribution is -0.161. The number of phosphoric acid groups is 2. The third-order valence-electron chi connectivity index (χ3n) is 16.5. The summed E-state index contributed by atoms with van der Waals surface area (Å²) >= 11 is 0. The Bertz CT molecular complexity index is 2270. The molecule has 0 bridgehead atoms. The van der Waals surface area contributed by atoms with Crippen molar-refractivity contribution < 1.29 is 80.2 Å². The van der Waals surface area contributed by atoms with Crippen LogP contribution < -0.4 is 0 Å². The van der Waals surface area contributed by atoms with Crippen LogP contribution in [0.4, 0.5) is 0 Å². The van der Waals surface area contributed by atoms with Crippen molar-refractivity contribution in [3.05, 3.63) is 97.2 Å². The Kier molecular flexibility index (Phi) is 70.4. The van der Waals surface area contributed by atoms with Gasteiger partial charge in [0.25, 0.3) is 0 Å². The predicted molar refractivity (Wildman–Crippen MR) is 409 cm³/mol. The number of aliphatic hydroxyl groups is 1. The van der Waals surface area contributed by atoms with Gasteiger partial charge in [0.1, 0.15) is 19.3 Å². The normalized spacial score (nSPS) is 14.4. The van der Waals surface area contributed by atoms with Gasteiger partial charge in [0, 0.05) is 25.7 Å². The summed E-state index contributed by atoms with van der Waals surface area (Å²) in [5.74, 6) is -2.27. The number of hydrogen-bond donors (Lipinski definition) is 3. The van der Waals surface area contributed by atoms with E-state index in [0.717, 1.165) is 135 Å². The number of esters is 4. The molecule has 19 heteroatoms. The standard InChI is InChI=1S/C81H142O17P2/c1-5-9-13-17-21-25-29-32-35-36-37-38-41-43-47-50-54-58-62-66-79(84)91-71-76(97-80(85)67-63-59-55-51-45-28-24-20-16-12-8-4)73-95-99(87,88)93-69-75(82)70-94-100(89,90)96-74-77(98-81(86)68-64-60-56-52-48-44-40-34-31-27-23-19-15-11-7-3)72-92-78(83)65-61-57-53-49-46-42-39-33-30-26-22-18-14-10-6-2/h9,13,20-21,24-25,32-33,35,37-39,43,47,54,58,75-77,82H,5-8,10-12,14-19,22-23,26-31,34,36,40-42,44-46,48-53,55-57,59-74H2,1-4H3,(H,87,88)(H,89,90)/b13-9-,24-20-,25-21-,35-32-,38-37-,39-33-,47-43-,58-54-. The quantitative estimate of drug-likeness (QED) is 0.0169. The van der Waals surface area contributed by atoms with Crippen LogP contribution >= 0.6 is 15.6 Å². The lowest BCUT2D eigenvalue weighted by Crippen LogP contribution is -2.30. The monoisotopic (exact) mass is 1450 g/mol. The highest BCUT2D eigenvalue weighted by atomic mass is 31.2. The zero-order valence-corrected chi connectivity index (χ0v) is 64.9. The summed E-state index contributed by atoms with van der Waals surface area (Å²) in [6.45, 7) is 4.65. The van der Waals surface area contributed by atoms with E-state index in [-0.39, 0.29) is 25.7 Å². The number of ether oxygens (including phenoxy) is 4. The van der Waals surface area contributed by atoms with Gasteiger partial charge in [-0.25, -0.2) is 9.13 Å². The van der Waals surface area contributed by atoms with Gasteiger partial charge in [0.05, 0.1) is 26.4 Å². The molecule has 578 valence electrons. The third-order valence-corrected chi connectivity index (χ3v) is 18.4. The molecule has 0 spiro atoms. The second kappa shape index (κ2) is 73.3. The molecule has 0 saturated carbocycles. The molecule has 0 fully saturated rings. The summed E-state index contributed by atoms with van der Waals surface area (Å²) in [6, 6.07) is 0. The van der Waals surface area contributed by atoms with E-state index in [4.69, 9.17) is 37.0 Å². The Labute approximate surface area is 607 Å². The van der Waals surface area contributed by atoms with Crippen molar-refractivity contribution in [2.24, 2.45) is 0 Å². The van der Waals surface area contributed by atoms with Crippen LogP contribution in [0.25, 0.3) is 0 Å². The first-order chi connectivity index (χ1) is 48.7. The highest BCUT2D eigenvalue weighted by molar-refractivity contribution is 7.47. The average molecular weight is 1450 g/mol. The van der Waals surface area contributed by atoms with Gasteiger partial charge in [-0.3, -0.25) is 37.3 Å². The van der Waals surface area contributed by atoms with Crippen molar-refractivity contribution in [2.45, 2.75) is 354 Å². The minimum atomic E-state index is -4.99. The molecule has 17 nitrogen and oxygen atoms in total. The molecule has 0 aliphatic heterocycles. The molecule has 0 aromatic heterocycles. The van der Waals surface area contributed by atoms with Gasteiger partial charge in [-0.1, -0.05) is 298 Å². The van der Waals surface area contributed by atoms with E-state index >= 15 is 0 Å². The van der Waals surface area contributed by atoms with Gasteiger partial charge in [0.15, 0.2) is 12.2 Å². The molecule has 0 radical (unpaired) electrons. The van der Waals surface area contributed by atoms with E-state index in [9.17, 15) is 43.2 Å². The van der Waals surface area contributed by atoms with Crippen molar-refractivity contribution in [3.63, 3.8) is 0 Å². The molecule has 5 unspecified atom stereocenters. The van der Waals surface area contributed by atoms with E-state index in [0.29, 0.717) is 32.1 Å².